The van der Waals surface area contributed by atoms with Gasteiger partial charge in [-0.3, -0.25) is 4.79 Å². The standard InChI is InChI=1S/C17H26N2O2.ClH/c1-12(2)13(3)17(20)19-10-9-18-11-15(19)14-7-5-6-8-16(14)21-4;/h5-8,12-13,15,18H,9-11H2,1-4H3;1H. The fourth-order valence-electron chi connectivity index (χ4n) is 2.73. The predicted molar refractivity (Wildman–Crippen MR) is 91.6 cm³/mol. The van der Waals surface area contributed by atoms with E-state index < -0.39 is 0 Å². The summed E-state index contributed by atoms with van der Waals surface area (Å²) in [5.41, 5.74) is 1.08. The summed E-state index contributed by atoms with van der Waals surface area (Å²) in [4.78, 5) is 14.8. The van der Waals surface area contributed by atoms with Crippen molar-refractivity contribution in [2.24, 2.45) is 11.8 Å². The Bertz CT molecular complexity index is 493. The van der Waals surface area contributed by atoms with Gasteiger partial charge in [-0.2, -0.15) is 0 Å². The fourth-order valence-corrected chi connectivity index (χ4v) is 2.73. The minimum absolute atomic E-state index is 0. The highest BCUT2D eigenvalue weighted by Gasteiger charge is 2.32. The zero-order valence-corrected chi connectivity index (χ0v) is 14.7. The molecule has 0 aromatic heterocycles. The molecule has 1 aliphatic heterocycles. The van der Waals surface area contributed by atoms with Crippen LogP contribution in [0.2, 0.25) is 0 Å². The van der Waals surface area contributed by atoms with Gasteiger partial charge in [-0.1, -0.05) is 39.0 Å². The van der Waals surface area contributed by atoms with Gasteiger partial charge in [0.1, 0.15) is 5.75 Å². The third kappa shape index (κ3) is 3.93. The van der Waals surface area contributed by atoms with E-state index in [9.17, 15) is 4.79 Å². The van der Waals surface area contributed by atoms with Gasteiger partial charge in [0, 0.05) is 31.1 Å². The van der Waals surface area contributed by atoms with Crippen LogP contribution in [0.5, 0.6) is 5.75 Å². The molecule has 22 heavy (non-hydrogen) atoms. The summed E-state index contributed by atoms with van der Waals surface area (Å²) in [5, 5.41) is 3.39. The molecule has 2 rings (SSSR count). The van der Waals surface area contributed by atoms with Crippen molar-refractivity contribution in [2.45, 2.75) is 26.8 Å². The second kappa shape index (κ2) is 8.39. The van der Waals surface area contributed by atoms with Gasteiger partial charge in [0.25, 0.3) is 0 Å². The van der Waals surface area contributed by atoms with E-state index in [0.717, 1.165) is 30.9 Å². The zero-order chi connectivity index (χ0) is 15.4. The van der Waals surface area contributed by atoms with Crippen LogP contribution in [0, 0.1) is 11.8 Å². The predicted octanol–water partition coefficient (Wildman–Crippen LogP) is 2.88. The molecule has 5 heteroatoms. The molecule has 1 fully saturated rings. The van der Waals surface area contributed by atoms with Crippen LogP contribution in [0.25, 0.3) is 0 Å². The number of nitrogens with one attached hydrogen (secondary N) is 1. The first-order chi connectivity index (χ1) is 10.1. The molecule has 124 valence electrons. The van der Waals surface area contributed by atoms with Gasteiger partial charge in [0.05, 0.1) is 13.2 Å². The zero-order valence-electron chi connectivity index (χ0n) is 13.8. The number of carbonyl (C=O) groups excluding carboxylic acids is 1. The first-order valence-electron chi connectivity index (χ1n) is 7.70. The Morgan fingerprint density at radius 2 is 2.00 bits per heavy atom. The van der Waals surface area contributed by atoms with Crippen molar-refractivity contribution in [1.29, 1.82) is 0 Å². The average molecular weight is 327 g/mol. The molecule has 2 unspecified atom stereocenters. The molecule has 1 heterocycles. The number of piperazine rings is 1. The molecule has 1 aliphatic rings. The van der Waals surface area contributed by atoms with Crippen LogP contribution in [0.15, 0.2) is 24.3 Å². The number of para-hydroxylation sites is 1. The van der Waals surface area contributed by atoms with Crippen LogP contribution in [-0.2, 0) is 4.79 Å². The topological polar surface area (TPSA) is 41.6 Å². The number of halogens is 1. The summed E-state index contributed by atoms with van der Waals surface area (Å²) in [7, 11) is 1.68. The quantitative estimate of drug-likeness (QED) is 0.925. The largest absolute Gasteiger partial charge is 0.496 e. The number of methoxy groups -OCH3 is 1. The van der Waals surface area contributed by atoms with E-state index in [2.05, 4.69) is 25.2 Å². The van der Waals surface area contributed by atoms with Gasteiger partial charge in [-0.25, -0.2) is 0 Å². The third-order valence-corrected chi connectivity index (χ3v) is 4.41. The van der Waals surface area contributed by atoms with Crippen LogP contribution < -0.4 is 10.1 Å². The van der Waals surface area contributed by atoms with Crippen LogP contribution in [0.4, 0.5) is 0 Å². The molecule has 0 bridgehead atoms. The summed E-state index contributed by atoms with van der Waals surface area (Å²) in [5.74, 6) is 1.48. The van der Waals surface area contributed by atoms with E-state index in [-0.39, 0.29) is 30.3 Å². The van der Waals surface area contributed by atoms with Crippen LogP contribution >= 0.6 is 12.4 Å². The number of hydrogen-bond acceptors (Lipinski definition) is 3. The van der Waals surface area contributed by atoms with E-state index in [0.29, 0.717) is 5.92 Å². The van der Waals surface area contributed by atoms with Gasteiger partial charge in [-0.05, 0) is 12.0 Å². The Morgan fingerprint density at radius 3 is 2.64 bits per heavy atom. The van der Waals surface area contributed by atoms with Crippen molar-refractivity contribution >= 4 is 18.3 Å². The van der Waals surface area contributed by atoms with Crippen molar-refractivity contribution in [3.63, 3.8) is 0 Å². The monoisotopic (exact) mass is 326 g/mol. The highest BCUT2D eigenvalue weighted by Crippen LogP contribution is 2.31. The molecule has 0 radical (unpaired) electrons. The molecule has 4 nitrogen and oxygen atoms in total. The van der Waals surface area contributed by atoms with Crippen LogP contribution in [0.3, 0.4) is 0 Å². The molecule has 2 atom stereocenters. The lowest BCUT2D eigenvalue weighted by Gasteiger charge is -2.39. The van der Waals surface area contributed by atoms with Gasteiger partial charge in [0.2, 0.25) is 5.91 Å². The van der Waals surface area contributed by atoms with E-state index in [4.69, 9.17) is 4.74 Å². The van der Waals surface area contributed by atoms with E-state index in [1.54, 1.807) is 7.11 Å². The number of hydrogen-bond donors (Lipinski definition) is 1. The first-order valence-corrected chi connectivity index (χ1v) is 7.70. The van der Waals surface area contributed by atoms with Gasteiger partial charge in [-0.15, -0.1) is 12.4 Å². The van der Waals surface area contributed by atoms with E-state index >= 15 is 0 Å². The Morgan fingerprint density at radius 1 is 1.32 bits per heavy atom. The smallest absolute Gasteiger partial charge is 0.226 e. The SMILES string of the molecule is COc1ccccc1C1CNCCN1C(=O)C(C)C(C)C.Cl. The lowest BCUT2D eigenvalue weighted by molar-refractivity contribution is -0.139. The van der Waals surface area contributed by atoms with Crippen LogP contribution in [0.1, 0.15) is 32.4 Å². The third-order valence-electron chi connectivity index (χ3n) is 4.41. The first kappa shape index (κ1) is 18.8. The molecule has 1 saturated heterocycles. The number of carbonyl (C=O) groups is 1. The van der Waals surface area contributed by atoms with Crippen molar-refractivity contribution in [3.05, 3.63) is 29.8 Å². The highest BCUT2D eigenvalue weighted by atomic mass is 35.5. The maximum Gasteiger partial charge on any atom is 0.226 e. The Labute approximate surface area is 139 Å². The molecular formula is C17H27ClN2O2. The average Bonchev–Trinajstić information content (AvgIpc) is 2.53. The Hall–Kier alpha value is -1.26. The van der Waals surface area contributed by atoms with Gasteiger partial charge < -0.3 is 15.0 Å². The lowest BCUT2D eigenvalue weighted by atomic mass is 9.94. The maximum absolute atomic E-state index is 12.8. The summed E-state index contributed by atoms with van der Waals surface area (Å²) in [6.07, 6.45) is 0. The Kier molecular flexibility index (Phi) is 7.17. The number of nitrogens with zero attached hydrogens (tertiary/aromatic N) is 1. The lowest BCUT2D eigenvalue weighted by Crippen LogP contribution is -2.50. The van der Waals surface area contributed by atoms with Crippen molar-refractivity contribution in [2.75, 3.05) is 26.7 Å². The molecule has 0 saturated carbocycles. The summed E-state index contributed by atoms with van der Waals surface area (Å²) >= 11 is 0. The number of amides is 1. The minimum atomic E-state index is 0. The molecule has 1 aromatic rings. The molecule has 1 aromatic carbocycles. The van der Waals surface area contributed by atoms with Gasteiger partial charge in [0.15, 0.2) is 0 Å². The highest BCUT2D eigenvalue weighted by molar-refractivity contribution is 5.85. The molecule has 0 spiro atoms. The van der Waals surface area contributed by atoms with E-state index in [1.165, 1.54) is 0 Å². The minimum Gasteiger partial charge on any atom is -0.496 e. The van der Waals surface area contributed by atoms with Gasteiger partial charge >= 0.3 is 0 Å². The molecular weight excluding hydrogens is 300 g/mol. The molecule has 1 amide bonds. The van der Waals surface area contributed by atoms with Crippen LogP contribution in [-0.4, -0.2) is 37.6 Å². The van der Waals surface area contributed by atoms with Crippen molar-refractivity contribution in [3.8, 4) is 5.75 Å². The maximum atomic E-state index is 12.8. The van der Waals surface area contributed by atoms with Crippen molar-refractivity contribution in [1.82, 2.24) is 10.2 Å². The number of ether oxygens (including phenoxy) is 1. The number of rotatable bonds is 4. The summed E-state index contributed by atoms with van der Waals surface area (Å²) < 4.78 is 5.47. The second-order valence-electron chi connectivity index (χ2n) is 6.03. The van der Waals surface area contributed by atoms with Crippen molar-refractivity contribution < 1.29 is 9.53 Å². The summed E-state index contributed by atoms with van der Waals surface area (Å²) in [6, 6.07) is 8.02. The molecule has 1 N–H and O–H groups in total. The number of benzene rings is 1. The fraction of sp³-hybridized carbons (Fsp3) is 0.588. The summed E-state index contributed by atoms with van der Waals surface area (Å²) in [6.45, 7) is 8.60. The normalized spacial score (nSPS) is 19.5. The molecule has 0 aliphatic carbocycles. The Balaban J connectivity index is 0.00000242. The van der Waals surface area contributed by atoms with E-state index in [1.807, 2.05) is 30.0 Å². The second-order valence-corrected chi connectivity index (χ2v) is 6.03.